The number of piperidine rings is 1. The van der Waals surface area contributed by atoms with Gasteiger partial charge in [0.25, 0.3) is 0 Å². The van der Waals surface area contributed by atoms with Crippen LogP contribution in [0.2, 0.25) is 0 Å². The fraction of sp³-hybridized carbons (Fsp3) is 0.455. The first-order valence-corrected chi connectivity index (χ1v) is 9.97. The molecule has 2 aromatic heterocycles. The third-order valence-corrected chi connectivity index (χ3v) is 6.06. The molecule has 1 atom stereocenters. The van der Waals surface area contributed by atoms with Crippen LogP contribution >= 0.6 is 0 Å². The van der Waals surface area contributed by atoms with E-state index in [-0.39, 0.29) is 0 Å². The summed E-state index contributed by atoms with van der Waals surface area (Å²) in [6.45, 7) is 4.22. The molecule has 2 aliphatic rings. The molecule has 1 aliphatic heterocycles. The maximum absolute atomic E-state index is 10.5. The van der Waals surface area contributed by atoms with Crippen molar-refractivity contribution in [2.75, 3.05) is 20.1 Å². The molecule has 0 radical (unpaired) electrons. The summed E-state index contributed by atoms with van der Waals surface area (Å²) in [5.41, 5.74) is 4.95. The van der Waals surface area contributed by atoms with Crippen molar-refractivity contribution < 1.29 is 5.11 Å². The van der Waals surface area contributed by atoms with E-state index in [4.69, 9.17) is 0 Å². The second-order valence-corrected chi connectivity index (χ2v) is 8.28. The molecule has 0 bridgehead atoms. The lowest BCUT2D eigenvalue weighted by molar-refractivity contribution is 0.214. The van der Waals surface area contributed by atoms with E-state index in [2.05, 4.69) is 39.0 Å². The predicted octanol–water partition coefficient (Wildman–Crippen LogP) is 4.26. The van der Waals surface area contributed by atoms with Gasteiger partial charge in [-0.25, -0.2) is 0 Å². The molecule has 3 heterocycles. The zero-order valence-corrected chi connectivity index (χ0v) is 16.0. The van der Waals surface area contributed by atoms with Gasteiger partial charge in [0.15, 0.2) is 5.65 Å². The van der Waals surface area contributed by atoms with Gasteiger partial charge in [-0.2, -0.15) is 0 Å². The number of phenols is 1. The summed E-state index contributed by atoms with van der Waals surface area (Å²) >= 11 is 0. The van der Waals surface area contributed by atoms with Crippen LogP contribution in [0.15, 0.2) is 30.5 Å². The van der Waals surface area contributed by atoms with E-state index in [9.17, 15) is 5.11 Å². The average molecular weight is 362 g/mol. The number of likely N-dealkylation sites (N-methyl/N-ethyl adjacent to an activating group) is 1. The van der Waals surface area contributed by atoms with Gasteiger partial charge in [-0.15, -0.1) is 10.2 Å². The van der Waals surface area contributed by atoms with Crippen molar-refractivity contribution >= 4 is 11.0 Å². The van der Waals surface area contributed by atoms with Crippen molar-refractivity contribution in [2.24, 2.45) is 0 Å². The Labute approximate surface area is 159 Å². The zero-order chi connectivity index (χ0) is 18.5. The van der Waals surface area contributed by atoms with Crippen LogP contribution < -0.4 is 0 Å². The molecule has 27 heavy (non-hydrogen) atoms. The number of phenolic OH excluding ortho intramolecular Hbond substituents is 1. The highest BCUT2D eigenvalue weighted by Crippen LogP contribution is 2.48. The van der Waals surface area contributed by atoms with Gasteiger partial charge in [0, 0.05) is 29.7 Å². The van der Waals surface area contributed by atoms with Crippen LogP contribution in [0.3, 0.4) is 0 Å². The van der Waals surface area contributed by atoms with Crippen molar-refractivity contribution in [1.29, 1.82) is 0 Å². The maximum Gasteiger partial charge on any atom is 0.163 e. The zero-order valence-electron chi connectivity index (χ0n) is 16.0. The first kappa shape index (κ1) is 16.8. The van der Waals surface area contributed by atoms with Crippen molar-refractivity contribution in [1.82, 2.24) is 19.7 Å². The molecular weight excluding hydrogens is 336 g/mol. The van der Waals surface area contributed by atoms with Gasteiger partial charge in [0.1, 0.15) is 11.4 Å². The van der Waals surface area contributed by atoms with E-state index in [1.807, 2.05) is 19.1 Å². The molecule has 140 valence electrons. The Balaban J connectivity index is 1.65. The van der Waals surface area contributed by atoms with Crippen LogP contribution in [0.4, 0.5) is 0 Å². The lowest BCUT2D eigenvalue weighted by Crippen LogP contribution is -2.33. The summed E-state index contributed by atoms with van der Waals surface area (Å²) in [6.07, 6.45) is 6.98. The standard InChI is InChI=1S/C22H26N4O/c1-14-5-8-17(19(27)12-14)21-20(15-6-7-15)18-9-11-26(22(18)24-23-21)16-4-3-10-25(2)13-16/h5,8-9,11-12,15-16,27H,3-4,6-7,10,13H2,1-2H3/t16-/m1/s1. The Bertz CT molecular complexity index is 1000. The number of hydrogen-bond acceptors (Lipinski definition) is 4. The second-order valence-electron chi connectivity index (χ2n) is 8.28. The van der Waals surface area contributed by atoms with Gasteiger partial charge < -0.3 is 14.6 Å². The average Bonchev–Trinajstić information content (AvgIpc) is 3.39. The fourth-order valence-corrected chi connectivity index (χ4v) is 4.52. The Morgan fingerprint density at radius 3 is 2.70 bits per heavy atom. The number of aromatic nitrogens is 3. The molecule has 1 N–H and O–H groups in total. The van der Waals surface area contributed by atoms with Gasteiger partial charge >= 0.3 is 0 Å². The normalized spacial score (nSPS) is 21.0. The molecule has 0 spiro atoms. The number of rotatable bonds is 3. The number of nitrogens with zero attached hydrogens (tertiary/aromatic N) is 4. The van der Waals surface area contributed by atoms with E-state index in [0.717, 1.165) is 29.0 Å². The summed E-state index contributed by atoms with van der Waals surface area (Å²) in [7, 11) is 2.19. The summed E-state index contributed by atoms with van der Waals surface area (Å²) in [4.78, 5) is 2.40. The molecule has 1 saturated heterocycles. The molecule has 1 aliphatic carbocycles. The topological polar surface area (TPSA) is 54.2 Å². The van der Waals surface area contributed by atoms with Crippen LogP contribution in [-0.2, 0) is 0 Å². The minimum atomic E-state index is 0.291. The molecule has 0 amide bonds. The number of fused-ring (bicyclic) bond motifs is 1. The van der Waals surface area contributed by atoms with E-state index < -0.39 is 0 Å². The quantitative estimate of drug-likeness (QED) is 0.756. The van der Waals surface area contributed by atoms with Crippen molar-refractivity contribution in [3.63, 3.8) is 0 Å². The minimum absolute atomic E-state index is 0.291. The molecule has 2 fully saturated rings. The first-order valence-electron chi connectivity index (χ1n) is 9.97. The lowest BCUT2D eigenvalue weighted by atomic mass is 9.99. The van der Waals surface area contributed by atoms with E-state index in [0.29, 0.717) is 17.7 Å². The first-order chi connectivity index (χ1) is 13.1. The number of aryl methyl sites for hydroxylation is 1. The molecule has 1 saturated carbocycles. The molecule has 0 unspecified atom stereocenters. The summed E-state index contributed by atoms with van der Waals surface area (Å²) in [5, 5.41) is 21.0. The molecule has 1 aromatic carbocycles. The monoisotopic (exact) mass is 362 g/mol. The molecule has 3 aromatic rings. The Morgan fingerprint density at radius 1 is 1.11 bits per heavy atom. The van der Waals surface area contributed by atoms with Gasteiger partial charge in [-0.05, 0) is 81.4 Å². The van der Waals surface area contributed by atoms with Crippen LogP contribution in [0.25, 0.3) is 22.3 Å². The highest BCUT2D eigenvalue weighted by Gasteiger charge is 2.32. The lowest BCUT2D eigenvalue weighted by Gasteiger charge is -2.30. The third kappa shape index (κ3) is 2.90. The van der Waals surface area contributed by atoms with Crippen LogP contribution in [0.1, 0.15) is 48.8 Å². The maximum atomic E-state index is 10.5. The van der Waals surface area contributed by atoms with Gasteiger partial charge in [-0.1, -0.05) is 6.07 Å². The number of benzene rings is 1. The van der Waals surface area contributed by atoms with E-state index >= 15 is 0 Å². The van der Waals surface area contributed by atoms with Gasteiger partial charge in [0.05, 0.1) is 0 Å². The molecule has 5 nitrogen and oxygen atoms in total. The summed E-state index contributed by atoms with van der Waals surface area (Å²) in [5.74, 6) is 0.822. The highest BCUT2D eigenvalue weighted by molar-refractivity contribution is 5.88. The Hall–Kier alpha value is -2.40. The fourth-order valence-electron chi connectivity index (χ4n) is 4.52. The van der Waals surface area contributed by atoms with Crippen molar-refractivity contribution in [2.45, 2.75) is 44.6 Å². The van der Waals surface area contributed by atoms with E-state index in [1.54, 1.807) is 6.07 Å². The predicted molar refractivity (Wildman–Crippen MR) is 107 cm³/mol. The SMILES string of the molecule is Cc1ccc(-c2nnc3c(ccn3[C@@H]3CCCN(C)C3)c2C2CC2)c(O)c1. The second kappa shape index (κ2) is 6.34. The van der Waals surface area contributed by atoms with Crippen LogP contribution in [-0.4, -0.2) is 44.9 Å². The summed E-state index contributed by atoms with van der Waals surface area (Å²) < 4.78 is 2.32. The number of hydrogen-bond donors (Lipinski definition) is 1. The van der Waals surface area contributed by atoms with Crippen LogP contribution in [0.5, 0.6) is 5.75 Å². The molecule has 5 rings (SSSR count). The largest absolute Gasteiger partial charge is 0.507 e. The van der Waals surface area contributed by atoms with Crippen molar-refractivity contribution in [3.05, 3.63) is 41.6 Å². The molecular formula is C22H26N4O. The van der Waals surface area contributed by atoms with Crippen molar-refractivity contribution in [3.8, 4) is 17.0 Å². The van der Waals surface area contributed by atoms with Gasteiger partial charge in [0.2, 0.25) is 0 Å². The number of aromatic hydroxyl groups is 1. The highest BCUT2D eigenvalue weighted by atomic mass is 16.3. The smallest absolute Gasteiger partial charge is 0.163 e. The van der Waals surface area contributed by atoms with Crippen LogP contribution in [0, 0.1) is 6.92 Å². The Morgan fingerprint density at radius 2 is 1.96 bits per heavy atom. The summed E-state index contributed by atoms with van der Waals surface area (Å²) in [6, 6.07) is 8.48. The molecule has 5 heteroatoms. The Kier molecular flexibility index (Phi) is 3.93. The van der Waals surface area contributed by atoms with Gasteiger partial charge in [-0.3, -0.25) is 0 Å². The van der Waals surface area contributed by atoms with E-state index in [1.165, 1.54) is 43.2 Å². The third-order valence-electron chi connectivity index (χ3n) is 6.06. The minimum Gasteiger partial charge on any atom is -0.507 e. The number of likely N-dealkylation sites (tertiary alicyclic amines) is 1.